The predicted octanol–water partition coefficient (Wildman–Crippen LogP) is 3.35. The summed E-state index contributed by atoms with van der Waals surface area (Å²) in [5.41, 5.74) is 2.06. The summed E-state index contributed by atoms with van der Waals surface area (Å²) < 4.78 is 18.2. The van der Waals surface area contributed by atoms with E-state index in [-0.39, 0.29) is 5.82 Å². The van der Waals surface area contributed by atoms with E-state index in [4.69, 9.17) is 17.0 Å². The van der Waals surface area contributed by atoms with Gasteiger partial charge in [0.2, 0.25) is 0 Å². The monoisotopic (exact) mass is 359 g/mol. The van der Waals surface area contributed by atoms with Crippen molar-refractivity contribution in [2.24, 2.45) is 0 Å². The Bertz CT molecular complexity index is 715. The van der Waals surface area contributed by atoms with E-state index in [1.807, 2.05) is 12.1 Å². The van der Waals surface area contributed by atoms with Crippen LogP contribution in [0.1, 0.15) is 5.56 Å². The number of halogens is 1. The van der Waals surface area contributed by atoms with E-state index >= 15 is 0 Å². The van der Waals surface area contributed by atoms with Crippen molar-refractivity contribution < 1.29 is 9.13 Å². The molecule has 1 N–H and O–H groups in total. The van der Waals surface area contributed by atoms with Crippen LogP contribution in [0.3, 0.4) is 0 Å². The number of thiocarbonyl (C=S) groups is 1. The summed E-state index contributed by atoms with van der Waals surface area (Å²) in [7, 11) is 1.69. The fourth-order valence-electron chi connectivity index (χ4n) is 2.87. The van der Waals surface area contributed by atoms with Crippen LogP contribution in [0.4, 0.5) is 10.1 Å². The van der Waals surface area contributed by atoms with Gasteiger partial charge in [-0.15, -0.1) is 0 Å². The molecular weight excluding hydrogens is 337 g/mol. The number of nitrogens with one attached hydrogen (secondary N) is 1. The minimum Gasteiger partial charge on any atom is -0.497 e. The predicted molar refractivity (Wildman–Crippen MR) is 102 cm³/mol. The quantitative estimate of drug-likeness (QED) is 0.845. The molecule has 132 valence electrons. The molecular formula is C19H22FN3OS. The lowest BCUT2D eigenvalue weighted by Crippen LogP contribution is -2.49. The fraction of sp³-hybridized carbons (Fsp3) is 0.316. The van der Waals surface area contributed by atoms with Crippen molar-refractivity contribution >= 4 is 23.0 Å². The normalized spacial score (nSPS) is 15.0. The Morgan fingerprint density at radius 1 is 1.12 bits per heavy atom. The second-order valence-electron chi connectivity index (χ2n) is 6.05. The van der Waals surface area contributed by atoms with Gasteiger partial charge in [-0.2, -0.15) is 0 Å². The molecule has 0 saturated carbocycles. The molecule has 0 spiro atoms. The molecule has 0 amide bonds. The molecule has 6 heteroatoms. The second-order valence-corrected chi connectivity index (χ2v) is 6.44. The molecule has 0 unspecified atom stereocenters. The Balaban J connectivity index is 1.49. The highest BCUT2D eigenvalue weighted by Crippen LogP contribution is 2.16. The maximum absolute atomic E-state index is 13.0. The van der Waals surface area contributed by atoms with Crippen LogP contribution in [0.2, 0.25) is 0 Å². The number of piperazine rings is 1. The molecule has 0 radical (unpaired) electrons. The standard InChI is InChI=1S/C19H22FN3OS/c1-24-18-4-2-3-15(13-18)14-22-9-11-23(12-10-22)19(25)21-17-7-5-16(20)6-8-17/h2-8,13H,9-12,14H2,1H3,(H,21,25). The number of rotatable bonds is 4. The third-order valence-corrected chi connectivity index (χ3v) is 4.66. The van der Waals surface area contributed by atoms with E-state index < -0.39 is 0 Å². The minimum absolute atomic E-state index is 0.248. The van der Waals surface area contributed by atoms with Crippen molar-refractivity contribution in [3.8, 4) is 5.75 Å². The smallest absolute Gasteiger partial charge is 0.173 e. The van der Waals surface area contributed by atoms with Crippen LogP contribution in [0.25, 0.3) is 0 Å². The molecule has 2 aromatic carbocycles. The van der Waals surface area contributed by atoms with Crippen molar-refractivity contribution in [1.82, 2.24) is 9.80 Å². The van der Waals surface area contributed by atoms with Gasteiger partial charge in [-0.3, -0.25) is 4.90 Å². The first-order chi connectivity index (χ1) is 12.1. The van der Waals surface area contributed by atoms with Crippen LogP contribution in [-0.2, 0) is 6.54 Å². The van der Waals surface area contributed by atoms with Gasteiger partial charge in [0.05, 0.1) is 7.11 Å². The highest BCUT2D eigenvalue weighted by molar-refractivity contribution is 7.80. The SMILES string of the molecule is COc1cccc(CN2CCN(C(=S)Nc3ccc(F)cc3)CC2)c1. The average Bonchev–Trinajstić information content (AvgIpc) is 2.64. The van der Waals surface area contributed by atoms with Gasteiger partial charge >= 0.3 is 0 Å². The Hall–Kier alpha value is -2.18. The number of nitrogens with zero attached hydrogens (tertiary/aromatic N) is 2. The van der Waals surface area contributed by atoms with Gasteiger partial charge < -0.3 is 15.0 Å². The van der Waals surface area contributed by atoms with Gasteiger partial charge in [0.15, 0.2) is 5.11 Å². The highest BCUT2D eigenvalue weighted by atomic mass is 32.1. The van der Waals surface area contributed by atoms with E-state index in [9.17, 15) is 4.39 Å². The van der Waals surface area contributed by atoms with E-state index in [0.717, 1.165) is 44.2 Å². The number of anilines is 1. The van der Waals surface area contributed by atoms with Crippen LogP contribution in [0, 0.1) is 5.82 Å². The average molecular weight is 359 g/mol. The number of methoxy groups -OCH3 is 1. The molecule has 1 heterocycles. The summed E-state index contributed by atoms with van der Waals surface area (Å²) in [6.45, 7) is 4.54. The van der Waals surface area contributed by atoms with Crippen LogP contribution < -0.4 is 10.1 Å². The van der Waals surface area contributed by atoms with Gasteiger partial charge in [0.1, 0.15) is 11.6 Å². The maximum atomic E-state index is 13.0. The van der Waals surface area contributed by atoms with Crippen molar-refractivity contribution in [1.29, 1.82) is 0 Å². The summed E-state index contributed by atoms with van der Waals surface area (Å²) in [4.78, 5) is 4.56. The van der Waals surface area contributed by atoms with E-state index in [2.05, 4.69) is 27.2 Å². The highest BCUT2D eigenvalue weighted by Gasteiger charge is 2.19. The molecule has 3 rings (SSSR count). The van der Waals surface area contributed by atoms with Gasteiger partial charge in [0, 0.05) is 38.4 Å². The summed E-state index contributed by atoms with van der Waals surface area (Å²) in [5, 5.41) is 3.86. The third-order valence-electron chi connectivity index (χ3n) is 4.30. The van der Waals surface area contributed by atoms with Crippen LogP contribution in [0.5, 0.6) is 5.75 Å². The van der Waals surface area contributed by atoms with Crippen molar-refractivity contribution in [3.05, 3.63) is 59.9 Å². The number of hydrogen-bond donors (Lipinski definition) is 1. The van der Waals surface area contributed by atoms with E-state index in [1.54, 1.807) is 19.2 Å². The van der Waals surface area contributed by atoms with E-state index in [0.29, 0.717) is 5.11 Å². The first kappa shape index (κ1) is 17.6. The topological polar surface area (TPSA) is 27.7 Å². The summed E-state index contributed by atoms with van der Waals surface area (Å²) >= 11 is 5.48. The van der Waals surface area contributed by atoms with Crippen molar-refractivity contribution in [2.75, 3.05) is 38.6 Å². The Morgan fingerprint density at radius 2 is 1.84 bits per heavy atom. The molecule has 0 bridgehead atoms. The molecule has 25 heavy (non-hydrogen) atoms. The first-order valence-electron chi connectivity index (χ1n) is 8.31. The van der Waals surface area contributed by atoms with Gasteiger partial charge in [-0.1, -0.05) is 12.1 Å². The molecule has 4 nitrogen and oxygen atoms in total. The number of hydrogen-bond acceptors (Lipinski definition) is 3. The molecule has 1 aliphatic rings. The first-order valence-corrected chi connectivity index (χ1v) is 8.71. The lowest BCUT2D eigenvalue weighted by atomic mass is 10.2. The zero-order valence-corrected chi connectivity index (χ0v) is 15.1. The van der Waals surface area contributed by atoms with Gasteiger partial charge in [-0.05, 0) is 54.2 Å². The number of benzene rings is 2. The molecule has 1 aliphatic heterocycles. The molecule has 0 aliphatic carbocycles. The number of ether oxygens (including phenoxy) is 1. The largest absolute Gasteiger partial charge is 0.497 e. The second kappa shape index (κ2) is 8.27. The lowest BCUT2D eigenvalue weighted by molar-refractivity contribution is 0.177. The molecule has 0 atom stereocenters. The summed E-state index contributed by atoms with van der Waals surface area (Å²) in [5.74, 6) is 0.642. The summed E-state index contributed by atoms with van der Waals surface area (Å²) in [6.07, 6.45) is 0. The fourth-order valence-corrected chi connectivity index (χ4v) is 3.17. The Kier molecular flexibility index (Phi) is 5.83. The Labute approximate surface area is 153 Å². The molecule has 0 aromatic heterocycles. The molecule has 2 aromatic rings. The van der Waals surface area contributed by atoms with Crippen LogP contribution in [-0.4, -0.2) is 48.2 Å². The molecule has 1 saturated heterocycles. The van der Waals surface area contributed by atoms with Crippen molar-refractivity contribution in [3.63, 3.8) is 0 Å². The van der Waals surface area contributed by atoms with Crippen molar-refractivity contribution in [2.45, 2.75) is 6.54 Å². The zero-order valence-electron chi connectivity index (χ0n) is 14.2. The van der Waals surface area contributed by atoms with Crippen LogP contribution in [0.15, 0.2) is 48.5 Å². The van der Waals surface area contributed by atoms with E-state index in [1.165, 1.54) is 17.7 Å². The Morgan fingerprint density at radius 3 is 2.52 bits per heavy atom. The van der Waals surface area contributed by atoms with Gasteiger partial charge in [0.25, 0.3) is 0 Å². The minimum atomic E-state index is -0.248. The lowest BCUT2D eigenvalue weighted by Gasteiger charge is -2.36. The summed E-state index contributed by atoms with van der Waals surface area (Å²) in [6, 6.07) is 14.4. The molecule has 1 fully saturated rings. The third kappa shape index (κ3) is 4.90. The van der Waals surface area contributed by atoms with Crippen LogP contribution >= 0.6 is 12.2 Å². The zero-order chi connectivity index (χ0) is 17.6. The van der Waals surface area contributed by atoms with Gasteiger partial charge in [-0.25, -0.2) is 4.39 Å². The maximum Gasteiger partial charge on any atom is 0.173 e.